The number of hydrogen-bond acceptors (Lipinski definition) is 4. The molecule has 1 atom stereocenters. The van der Waals surface area contributed by atoms with Crippen LogP contribution in [0.1, 0.15) is 44.8 Å². The number of sulfonamides is 1. The molecular formula is C14H26N2O3S. The van der Waals surface area contributed by atoms with E-state index in [-0.39, 0.29) is 16.9 Å². The summed E-state index contributed by atoms with van der Waals surface area (Å²) >= 11 is 0. The molecule has 0 aromatic carbocycles. The van der Waals surface area contributed by atoms with Crippen LogP contribution in [-0.2, 0) is 16.6 Å². The lowest BCUT2D eigenvalue weighted by molar-refractivity contribution is 0.472. The van der Waals surface area contributed by atoms with Gasteiger partial charge in [0, 0.05) is 18.2 Å². The van der Waals surface area contributed by atoms with E-state index in [0.717, 1.165) is 6.54 Å². The third-order valence-corrected chi connectivity index (χ3v) is 5.24. The van der Waals surface area contributed by atoms with E-state index >= 15 is 0 Å². The number of aryl methyl sites for hydroxylation is 2. The van der Waals surface area contributed by atoms with Crippen molar-refractivity contribution < 1.29 is 12.8 Å². The summed E-state index contributed by atoms with van der Waals surface area (Å²) in [6.07, 6.45) is 0. The lowest BCUT2D eigenvalue weighted by Gasteiger charge is -2.18. The van der Waals surface area contributed by atoms with E-state index in [9.17, 15) is 8.42 Å². The maximum Gasteiger partial charge on any atom is 0.244 e. The Bertz CT molecular complexity index is 547. The minimum atomic E-state index is -3.56. The molecule has 0 aliphatic heterocycles. The predicted molar refractivity (Wildman–Crippen MR) is 80.2 cm³/mol. The number of nitrogens with one attached hydrogen (secondary N) is 2. The Balaban J connectivity index is 3.17. The second kappa shape index (κ2) is 6.74. The van der Waals surface area contributed by atoms with Gasteiger partial charge in [-0.25, -0.2) is 13.1 Å². The van der Waals surface area contributed by atoms with Crippen LogP contribution in [0.15, 0.2) is 9.31 Å². The van der Waals surface area contributed by atoms with Gasteiger partial charge in [0.2, 0.25) is 10.0 Å². The second-order valence-electron chi connectivity index (χ2n) is 5.46. The van der Waals surface area contributed by atoms with Crippen LogP contribution >= 0.6 is 0 Å². The normalized spacial score (nSPS) is 13.9. The van der Waals surface area contributed by atoms with Crippen LogP contribution in [0.25, 0.3) is 0 Å². The van der Waals surface area contributed by atoms with Gasteiger partial charge in [0.05, 0.1) is 0 Å². The monoisotopic (exact) mass is 302 g/mol. The Morgan fingerprint density at radius 1 is 1.15 bits per heavy atom. The van der Waals surface area contributed by atoms with E-state index in [2.05, 4.69) is 10.0 Å². The van der Waals surface area contributed by atoms with Crippen molar-refractivity contribution in [2.24, 2.45) is 5.92 Å². The molecular weight excluding hydrogens is 276 g/mol. The highest BCUT2D eigenvalue weighted by Crippen LogP contribution is 2.27. The third kappa shape index (κ3) is 3.84. The van der Waals surface area contributed by atoms with Crippen LogP contribution in [0.4, 0.5) is 0 Å². The second-order valence-corrected chi connectivity index (χ2v) is 7.11. The summed E-state index contributed by atoms with van der Waals surface area (Å²) in [7, 11) is -3.56. The molecule has 0 saturated heterocycles. The summed E-state index contributed by atoms with van der Waals surface area (Å²) < 4.78 is 33.4. The highest BCUT2D eigenvalue weighted by molar-refractivity contribution is 7.89. The first-order valence-electron chi connectivity index (χ1n) is 7.02. The Hall–Kier alpha value is -0.850. The molecule has 0 spiro atoms. The van der Waals surface area contributed by atoms with Gasteiger partial charge in [0.25, 0.3) is 0 Å². The van der Waals surface area contributed by atoms with Crippen molar-refractivity contribution in [3.05, 3.63) is 17.1 Å². The van der Waals surface area contributed by atoms with E-state index < -0.39 is 10.0 Å². The molecule has 1 aromatic heterocycles. The molecule has 0 radical (unpaired) electrons. The molecule has 0 aliphatic carbocycles. The molecule has 1 heterocycles. The number of rotatable bonds is 7. The summed E-state index contributed by atoms with van der Waals surface area (Å²) in [5, 5.41) is 3.16. The van der Waals surface area contributed by atoms with Gasteiger partial charge in [-0.1, -0.05) is 20.8 Å². The largest absolute Gasteiger partial charge is 0.465 e. The fourth-order valence-electron chi connectivity index (χ4n) is 1.96. The van der Waals surface area contributed by atoms with Gasteiger partial charge in [0.1, 0.15) is 16.4 Å². The lowest BCUT2D eigenvalue weighted by atomic mass is 10.1. The highest BCUT2D eigenvalue weighted by atomic mass is 32.2. The van der Waals surface area contributed by atoms with Crippen molar-refractivity contribution in [1.29, 1.82) is 0 Å². The molecule has 116 valence electrons. The average molecular weight is 302 g/mol. The van der Waals surface area contributed by atoms with E-state index in [1.54, 1.807) is 13.8 Å². The Kier molecular flexibility index (Phi) is 5.79. The van der Waals surface area contributed by atoms with Crippen molar-refractivity contribution in [1.82, 2.24) is 10.0 Å². The van der Waals surface area contributed by atoms with E-state index in [0.29, 0.717) is 23.6 Å². The van der Waals surface area contributed by atoms with Gasteiger partial charge in [-0.15, -0.1) is 0 Å². The molecule has 20 heavy (non-hydrogen) atoms. The first-order chi connectivity index (χ1) is 9.20. The quantitative estimate of drug-likeness (QED) is 0.811. The summed E-state index contributed by atoms with van der Waals surface area (Å²) in [4.78, 5) is 0.281. The van der Waals surface area contributed by atoms with Crippen LogP contribution in [-0.4, -0.2) is 21.0 Å². The zero-order valence-corrected chi connectivity index (χ0v) is 14.0. The molecule has 0 amide bonds. The zero-order chi connectivity index (χ0) is 15.5. The minimum Gasteiger partial charge on any atom is -0.465 e. The van der Waals surface area contributed by atoms with Crippen LogP contribution in [0.5, 0.6) is 0 Å². The maximum atomic E-state index is 12.6. The summed E-state index contributed by atoms with van der Waals surface area (Å²) in [5.41, 5.74) is 0.716. The smallest absolute Gasteiger partial charge is 0.244 e. The Morgan fingerprint density at radius 2 is 1.75 bits per heavy atom. The molecule has 0 fully saturated rings. The van der Waals surface area contributed by atoms with E-state index in [1.165, 1.54) is 0 Å². The zero-order valence-electron chi connectivity index (χ0n) is 13.2. The van der Waals surface area contributed by atoms with Gasteiger partial charge in [-0.05, 0) is 33.2 Å². The Labute approximate surface area is 122 Å². The highest BCUT2D eigenvalue weighted by Gasteiger charge is 2.28. The van der Waals surface area contributed by atoms with E-state index in [1.807, 2.05) is 27.7 Å². The molecule has 6 heteroatoms. The van der Waals surface area contributed by atoms with Crippen LogP contribution < -0.4 is 10.0 Å². The minimum absolute atomic E-state index is 0.124. The van der Waals surface area contributed by atoms with E-state index in [4.69, 9.17) is 4.42 Å². The number of furan rings is 1. The van der Waals surface area contributed by atoms with Crippen molar-refractivity contribution in [2.45, 2.75) is 59.0 Å². The fourth-order valence-corrected chi connectivity index (χ4v) is 3.80. The molecule has 0 aliphatic rings. The van der Waals surface area contributed by atoms with Crippen LogP contribution in [0.2, 0.25) is 0 Å². The Morgan fingerprint density at radius 3 is 2.25 bits per heavy atom. The molecule has 0 saturated carbocycles. The van der Waals surface area contributed by atoms with Gasteiger partial charge >= 0.3 is 0 Å². The standard InChI is InChI=1S/C14H26N2O3S/c1-7-15-8-13-11(5)19-12(6)14(13)20(17,18)16-10(4)9(2)3/h9-10,15-16H,7-8H2,1-6H3. The van der Waals surface area contributed by atoms with Crippen molar-refractivity contribution in [2.75, 3.05) is 6.54 Å². The fraction of sp³-hybridized carbons (Fsp3) is 0.714. The van der Waals surface area contributed by atoms with Crippen molar-refractivity contribution in [3.63, 3.8) is 0 Å². The lowest BCUT2D eigenvalue weighted by Crippen LogP contribution is -2.36. The predicted octanol–water partition coefficient (Wildman–Crippen LogP) is 2.33. The average Bonchev–Trinajstić information content (AvgIpc) is 2.61. The van der Waals surface area contributed by atoms with Gasteiger partial charge in [0.15, 0.2) is 0 Å². The van der Waals surface area contributed by atoms with Crippen LogP contribution in [0, 0.1) is 19.8 Å². The maximum absolute atomic E-state index is 12.6. The number of hydrogen-bond donors (Lipinski definition) is 2. The van der Waals surface area contributed by atoms with Crippen molar-refractivity contribution >= 4 is 10.0 Å². The van der Waals surface area contributed by atoms with Gasteiger partial charge in [-0.2, -0.15) is 0 Å². The molecule has 2 N–H and O–H groups in total. The third-order valence-electron chi connectivity index (χ3n) is 3.49. The molecule has 1 unspecified atom stereocenters. The van der Waals surface area contributed by atoms with Crippen molar-refractivity contribution in [3.8, 4) is 0 Å². The summed E-state index contributed by atoms with van der Waals surface area (Å²) in [5.74, 6) is 1.33. The summed E-state index contributed by atoms with van der Waals surface area (Å²) in [6.45, 7) is 12.6. The molecule has 1 rings (SSSR count). The topological polar surface area (TPSA) is 71.3 Å². The first-order valence-corrected chi connectivity index (χ1v) is 8.50. The van der Waals surface area contributed by atoms with Gasteiger partial charge < -0.3 is 9.73 Å². The van der Waals surface area contributed by atoms with Crippen LogP contribution in [0.3, 0.4) is 0 Å². The van der Waals surface area contributed by atoms with Gasteiger partial charge in [-0.3, -0.25) is 0 Å². The molecule has 0 bridgehead atoms. The summed E-state index contributed by atoms with van der Waals surface area (Å²) in [6, 6.07) is -0.124. The molecule has 5 nitrogen and oxygen atoms in total. The SMILES string of the molecule is CCNCc1c(C)oc(C)c1S(=O)(=O)NC(C)C(C)C. The first kappa shape index (κ1) is 17.2. The molecule has 1 aromatic rings.